The van der Waals surface area contributed by atoms with Gasteiger partial charge in [-0.05, 0) is 17.7 Å². The molecule has 1 N–H and O–H groups in total. The van der Waals surface area contributed by atoms with E-state index in [1.54, 1.807) is 4.90 Å². The third-order valence-electron chi connectivity index (χ3n) is 6.20. The molecule has 2 aromatic carbocycles. The van der Waals surface area contributed by atoms with E-state index in [4.69, 9.17) is 9.47 Å². The number of benzene rings is 2. The Morgan fingerprint density at radius 1 is 0.969 bits per heavy atom. The van der Waals surface area contributed by atoms with Gasteiger partial charge in [0.2, 0.25) is 5.91 Å². The third kappa shape index (κ3) is 4.50. The first-order valence-electron chi connectivity index (χ1n) is 11.2. The topological polar surface area (TPSA) is 74.3 Å². The second-order valence-electron chi connectivity index (χ2n) is 8.43. The van der Waals surface area contributed by atoms with Crippen LogP contribution in [0.5, 0.6) is 11.5 Å². The molecule has 3 aliphatic heterocycles. The summed E-state index contributed by atoms with van der Waals surface area (Å²) in [7, 11) is 0. The number of nitrogens with zero attached hydrogens (tertiary/aromatic N) is 3. The molecule has 1 unspecified atom stereocenters. The third-order valence-corrected chi connectivity index (χ3v) is 6.20. The summed E-state index contributed by atoms with van der Waals surface area (Å²) in [6, 6.07) is 15.6. The summed E-state index contributed by atoms with van der Waals surface area (Å²) >= 11 is 0. The fourth-order valence-electron chi connectivity index (χ4n) is 4.47. The SMILES string of the molecule is O=C(NC1CC(=O)N(c2ccc3c(c2)OCCO3)C1)N1CCN(Cc2ccccc2)CC1. The molecule has 2 fully saturated rings. The molecule has 2 aromatic rings. The molecule has 32 heavy (non-hydrogen) atoms. The number of ether oxygens (including phenoxy) is 2. The van der Waals surface area contributed by atoms with Gasteiger partial charge in [-0.1, -0.05) is 30.3 Å². The largest absolute Gasteiger partial charge is 0.486 e. The van der Waals surface area contributed by atoms with Crippen molar-refractivity contribution in [2.75, 3.05) is 50.8 Å². The lowest BCUT2D eigenvalue weighted by Crippen LogP contribution is -2.53. The Kier molecular flexibility index (Phi) is 5.85. The number of carbonyl (C=O) groups is 2. The van der Waals surface area contributed by atoms with E-state index >= 15 is 0 Å². The van der Waals surface area contributed by atoms with Crippen LogP contribution in [0.2, 0.25) is 0 Å². The summed E-state index contributed by atoms with van der Waals surface area (Å²) < 4.78 is 11.2. The van der Waals surface area contributed by atoms with Gasteiger partial charge in [0.05, 0.1) is 6.04 Å². The second-order valence-corrected chi connectivity index (χ2v) is 8.43. The number of hydrogen-bond donors (Lipinski definition) is 1. The van der Waals surface area contributed by atoms with Crippen molar-refractivity contribution in [2.24, 2.45) is 0 Å². The van der Waals surface area contributed by atoms with E-state index in [0.29, 0.717) is 50.8 Å². The van der Waals surface area contributed by atoms with Gasteiger partial charge in [0, 0.05) is 57.4 Å². The van der Waals surface area contributed by atoms with E-state index in [1.807, 2.05) is 29.2 Å². The Hall–Kier alpha value is -3.26. The van der Waals surface area contributed by atoms with Crippen LogP contribution in [-0.4, -0.2) is 73.7 Å². The van der Waals surface area contributed by atoms with Crippen LogP contribution in [0.15, 0.2) is 48.5 Å². The van der Waals surface area contributed by atoms with Crippen molar-refractivity contribution in [2.45, 2.75) is 19.0 Å². The van der Waals surface area contributed by atoms with Gasteiger partial charge in [-0.25, -0.2) is 4.79 Å². The van der Waals surface area contributed by atoms with E-state index < -0.39 is 0 Å². The quantitative estimate of drug-likeness (QED) is 0.795. The van der Waals surface area contributed by atoms with Crippen LogP contribution < -0.4 is 19.7 Å². The predicted molar refractivity (Wildman–Crippen MR) is 120 cm³/mol. The zero-order valence-corrected chi connectivity index (χ0v) is 18.0. The van der Waals surface area contributed by atoms with Crippen molar-refractivity contribution in [1.29, 1.82) is 0 Å². The lowest BCUT2D eigenvalue weighted by molar-refractivity contribution is -0.117. The van der Waals surface area contributed by atoms with Gasteiger partial charge in [0.25, 0.3) is 0 Å². The van der Waals surface area contributed by atoms with E-state index in [-0.39, 0.29) is 18.0 Å². The first kappa shape index (κ1) is 20.6. The van der Waals surface area contributed by atoms with E-state index in [2.05, 4.69) is 34.5 Å². The summed E-state index contributed by atoms with van der Waals surface area (Å²) in [5.41, 5.74) is 2.06. The molecule has 2 saturated heterocycles. The summed E-state index contributed by atoms with van der Waals surface area (Å²) in [6.45, 7) is 5.45. The molecule has 8 heteroatoms. The van der Waals surface area contributed by atoms with Gasteiger partial charge >= 0.3 is 6.03 Å². The minimum Gasteiger partial charge on any atom is -0.486 e. The molecule has 0 saturated carbocycles. The highest BCUT2D eigenvalue weighted by Crippen LogP contribution is 2.35. The number of fused-ring (bicyclic) bond motifs is 1. The normalized spacial score (nSPS) is 21.0. The highest BCUT2D eigenvalue weighted by Gasteiger charge is 2.33. The molecule has 1 atom stereocenters. The Morgan fingerprint density at radius 3 is 2.50 bits per heavy atom. The number of rotatable bonds is 4. The van der Waals surface area contributed by atoms with Gasteiger partial charge in [-0.2, -0.15) is 0 Å². The molecule has 0 aromatic heterocycles. The molecular weight excluding hydrogens is 408 g/mol. The Bertz CT molecular complexity index is 975. The molecule has 0 radical (unpaired) electrons. The van der Waals surface area contributed by atoms with Crippen LogP contribution in [0.4, 0.5) is 10.5 Å². The summed E-state index contributed by atoms with van der Waals surface area (Å²) in [6.07, 6.45) is 0.300. The monoisotopic (exact) mass is 436 g/mol. The number of hydrogen-bond acceptors (Lipinski definition) is 5. The summed E-state index contributed by atoms with van der Waals surface area (Å²) in [5.74, 6) is 1.35. The smallest absolute Gasteiger partial charge is 0.317 e. The standard InChI is InChI=1S/C24H28N4O4/c29-23-14-19(17-28(23)20-6-7-21-22(15-20)32-13-12-31-21)25-24(30)27-10-8-26(9-11-27)16-18-4-2-1-3-5-18/h1-7,15,19H,8-14,16-17H2,(H,25,30). The van der Waals surface area contributed by atoms with E-state index in [1.165, 1.54) is 5.56 Å². The number of urea groups is 1. The van der Waals surface area contributed by atoms with Crippen molar-refractivity contribution in [3.8, 4) is 11.5 Å². The zero-order chi connectivity index (χ0) is 21.9. The maximum Gasteiger partial charge on any atom is 0.317 e. The van der Waals surface area contributed by atoms with Crippen molar-refractivity contribution in [3.63, 3.8) is 0 Å². The predicted octanol–water partition coefficient (Wildman–Crippen LogP) is 2.09. The lowest BCUT2D eigenvalue weighted by Gasteiger charge is -2.35. The van der Waals surface area contributed by atoms with Crippen molar-refractivity contribution < 1.29 is 19.1 Å². The first-order chi connectivity index (χ1) is 15.7. The Labute approximate surface area is 187 Å². The molecule has 3 amide bonds. The summed E-state index contributed by atoms with van der Waals surface area (Å²) in [4.78, 5) is 31.3. The van der Waals surface area contributed by atoms with Gasteiger partial charge < -0.3 is 24.6 Å². The van der Waals surface area contributed by atoms with Gasteiger partial charge in [0.15, 0.2) is 11.5 Å². The van der Waals surface area contributed by atoms with Crippen molar-refractivity contribution >= 4 is 17.6 Å². The second kappa shape index (κ2) is 9.08. The Morgan fingerprint density at radius 2 is 1.72 bits per heavy atom. The number of nitrogens with one attached hydrogen (secondary N) is 1. The molecule has 0 spiro atoms. The fraction of sp³-hybridized carbons (Fsp3) is 0.417. The number of anilines is 1. The minimum atomic E-state index is -0.203. The van der Waals surface area contributed by atoms with Crippen LogP contribution in [0, 0.1) is 0 Å². The van der Waals surface area contributed by atoms with Crippen LogP contribution in [0.3, 0.4) is 0 Å². The zero-order valence-electron chi connectivity index (χ0n) is 18.0. The molecule has 5 rings (SSSR count). The number of carbonyl (C=O) groups excluding carboxylic acids is 2. The molecule has 3 aliphatic rings. The van der Waals surface area contributed by atoms with E-state index in [9.17, 15) is 9.59 Å². The van der Waals surface area contributed by atoms with Crippen LogP contribution in [0.1, 0.15) is 12.0 Å². The lowest BCUT2D eigenvalue weighted by atomic mass is 10.2. The van der Waals surface area contributed by atoms with Crippen LogP contribution in [-0.2, 0) is 11.3 Å². The molecular formula is C24H28N4O4. The van der Waals surface area contributed by atoms with Crippen molar-refractivity contribution in [3.05, 3.63) is 54.1 Å². The molecule has 3 heterocycles. The molecule has 0 bridgehead atoms. The van der Waals surface area contributed by atoms with Gasteiger partial charge in [-0.15, -0.1) is 0 Å². The summed E-state index contributed by atoms with van der Waals surface area (Å²) in [5, 5.41) is 3.06. The maximum atomic E-state index is 12.8. The average molecular weight is 437 g/mol. The number of amides is 3. The van der Waals surface area contributed by atoms with Crippen LogP contribution in [0.25, 0.3) is 0 Å². The van der Waals surface area contributed by atoms with Crippen molar-refractivity contribution in [1.82, 2.24) is 15.1 Å². The van der Waals surface area contributed by atoms with Crippen LogP contribution >= 0.6 is 0 Å². The molecule has 0 aliphatic carbocycles. The molecule has 8 nitrogen and oxygen atoms in total. The molecule has 168 valence electrons. The minimum absolute atomic E-state index is 0.000316. The van der Waals surface area contributed by atoms with Gasteiger partial charge in [0.1, 0.15) is 13.2 Å². The Balaban J connectivity index is 1.13. The average Bonchev–Trinajstić information content (AvgIpc) is 3.19. The fourth-order valence-corrected chi connectivity index (χ4v) is 4.47. The van der Waals surface area contributed by atoms with Gasteiger partial charge in [-0.3, -0.25) is 9.69 Å². The van der Waals surface area contributed by atoms with E-state index in [0.717, 1.165) is 25.3 Å². The highest BCUT2D eigenvalue weighted by atomic mass is 16.6. The highest BCUT2D eigenvalue weighted by molar-refractivity contribution is 5.97. The first-order valence-corrected chi connectivity index (χ1v) is 11.2. The number of piperazine rings is 1. The maximum absolute atomic E-state index is 12.8.